The van der Waals surface area contributed by atoms with Crippen LogP contribution >= 0.6 is 0 Å². The van der Waals surface area contributed by atoms with Crippen molar-refractivity contribution in [2.75, 3.05) is 20.1 Å². The molecule has 0 saturated carbocycles. The third kappa shape index (κ3) is 5.48. The summed E-state index contributed by atoms with van der Waals surface area (Å²) < 4.78 is 0. The summed E-state index contributed by atoms with van der Waals surface area (Å²) in [5, 5.41) is 6.79. The summed E-state index contributed by atoms with van der Waals surface area (Å²) in [5.41, 5.74) is 2.74. The number of hydrogen-bond acceptors (Lipinski definition) is 2. The first kappa shape index (κ1) is 19.3. The number of aliphatic imine (C=N–C) groups is 1. The fourth-order valence-electron chi connectivity index (χ4n) is 3.02. The Hall–Kier alpha value is -2.04. The molecule has 1 aliphatic rings. The van der Waals surface area contributed by atoms with Gasteiger partial charge in [0.2, 0.25) is 5.91 Å². The van der Waals surface area contributed by atoms with Crippen LogP contribution in [0.1, 0.15) is 51.7 Å². The molecule has 5 nitrogen and oxygen atoms in total. The van der Waals surface area contributed by atoms with Gasteiger partial charge in [0.25, 0.3) is 0 Å². The minimum atomic E-state index is 0.174. The van der Waals surface area contributed by atoms with E-state index in [0.717, 1.165) is 32.0 Å². The number of likely N-dealkylation sites (tertiary alicyclic amines) is 1. The van der Waals surface area contributed by atoms with Crippen molar-refractivity contribution in [3.05, 3.63) is 35.4 Å². The molecular weight excluding hydrogens is 312 g/mol. The van der Waals surface area contributed by atoms with E-state index in [1.165, 1.54) is 11.1 Å². The highest BCUT2D eigenvalue weighted by atomic mass is 16.2. The highest BCUT2D eigenvalue weighted by Gasteiger charge is 2.25. The maximum absolute atomic E-state index is 11.8. The summed E-state index contributed by atoms with van der Waals surface area (Å²) in [5.74, 6) is 1.02. The molecule has 1 saturated heterocycles. The zero-order valence-corrected chi connectivity index (χ0v) is 16.2. The number of amides is 1. The average Bonchev–Trinajstić information content (AvgIpc) is 3.06. The van der Waals surface area contributed by atoms with E-state index < -0.39 is 0 Å². The Bertz CT molecular complexity index is 601. The van der Waals surface area contributed by atoms with Crippen molar-refractivity contribution in [1.29, 1.82) is 0 Å². The molecule has 1 unspecified atom stereocenters. The zero-order valence-electron chi connectivity index (χ0n) is 16.2. The second kappa shape index (κ2) is 8.37. The molecule has 1 fully saturated rings. The maximum atomic E-state index is 11.8. The lowest BCUT2D eigenvalue weighted by molar-refractivity contribution is -0.129. The number of benzene rings is 1. The topological polar surface area (TPSA) is 56.7 Å². The van der Waals surface area contributed by atoms with Crippen LogP contribution in [0, 0.1) is 0 Å². The van der Waals surface area contributed by atoms with E-state index in [9.17, 15) is 4.79 Å². The molecular formula is C20H32N4O. The van der Waals surface area contributed by atoms with Crippen molar-refractivity contribution < 1.29 is 4.79 Å². The summed E-state index contributed by atoms with van der Waals surface area (Å²) in [6, 6.07) is 8.98. The van der Waals surface area contributed by atoms with Crippen LogP contribution < -0.4 is 10.6 Å². The van der Waals surface area contributed by atoms with Crippen molar-refractivity contribution in [3.8, 4) is 0 Å². The summed E-state index contributed by atoms with van der Waals surface area (Å²) in [7, 11) is 1.78. The molecule has 1 aliphatic heterocycles. The molecule has 2 rings (SSSR count). The van der Waals surface area contributed by atoms with Gasteiger partial charge in [-0.25, -0.2) is 0 Å². The monoisotopic (exact) mass is 344 g/mol. The van der Waals surface area contributed by atoms with Gasteiger partial charge in [-0.05, 0) is 23.0 Å². The third-order valence-electron chi connectivity index (χ3n) is 4.69. The number of rotatable bonds is 4. The van der Waals surface area contributed by atoms with E-state index in [1.54, 1.807) is 7.05 Å². The Morgan fingerprint density at radius 3 is 2.52 bits per heavy atom. The minimum Gasteiger partial charge on any atom is -0.352 e. The van der Waals surface area contributed by atoms with Gasteiger partial charge in [-0.2, -0.15) is 0 Å². The number of carbonyl (C=O) groups excluding carboxylic acids is 1. The van der Waals surface area contributed by atoms with Gasteiger partial charge in [-0.15, -0.1) is 0 Å². The molecule has 1 amide bonds. The summed E-state index contributed by atoms with van der Waals surface area (Å²) in [6.45, 7) is 10.9. The lowest BCUT2D eigenvalue weighted by atomic mass is 9.87. The molecule has 0 bridgehead atoms. The van der Waals surface area contributed by atoms with Crippen molar-refractivity contribution >= 4 is 11.9 Å². The van der Waals surface area contributed by atoms with Crippen molar-refractivity contribution in [2.24, 2.45) is 4.99 Å². The number of carbonyl (C=O) groups is 1. The van der Waals surface area contributed by atoms with Crippen molar-refractivity contribution in [1.82, 2.24) is 15.5 Å². The molecule has 25 heavy (non-hydrogen) atoms. The highest BCUT2D eigenvalue weighted by molar-refractivity contribution is 5.80. The largest absolute Gasteiger partial charge is 0.352 e. The fraction of sp³-hybridized carbons (Fsp3) is 0.600. The minimum absolute atomic E-state index is 0.174. The van der Waals surface area contributed by atoms with Gasteiger partial charge in [-0.3, -0.25) is 9.79 Å². The lowest BCUT2D eigenvalue weighted by Crippen LogP contribution is -2.44. The van der Waals surface area contributed by atoms with Crippen LogP contribution in [-0.2, 0) is 16.8 Å². The van der Waals surface area contributed by atoms with E-state index in [-0.39, 0.29) is 17.4 Å². The van der Waals surface area contributed by atoms with Crippen molar-refractivity contribution in [2.45, 2.75) is 58.5 Å². The Balaban J connectivity index is 1.84. The molecule has 0 radical (unpaired) electrons. The first-order valence-electron chi connectivity index (χ1n) is 9.18. The van der Waals surface area contributed by atoms with Gasteiger partial charge in [0.05, 0.1) is 0 Å². The lowest BCUT2D eigenvalue weighted by Gasteiger charge is -2.20. The standard InChI is InChI=1S/C20H32N4O/c1-6-18(25)24-12-11-17(14-24)23-19(21-5)22-13-15-7-9-16(10-8-15)20(2,3)4/h7-10,17H,6,11-14H2,1-5H3,(H2,21,22,23). The molecule has 1 heterocycles. The van der Waals surface area contributed by atoms with E-state index in [1.807, 2.05) is 11.8 Å². The molecule has 0 aliphatic carbocycles. The molecule has 0 spiro atoms. The second-order valence-electron chi connectivity index (χ2n) is 7.70. The smallest absolute Gasteiger partial charge is 0.222 e. The Labute approximate surface area is 151 Å². The van der Waals surface area contributed by atoms with Gasteiger partial charge >= 0.3 is 0 Å². The van der Waals surface area contributed by atoms with Crippen molar-refractivity contribution in [3.63, 3.8) is 0 Å². The van der Waals surface area contributed by atoms with Gasteiger partial charge in [0, 0.05) is 39.1 Å². The quantitative estimate of drug-likeness (QED) is 0.652. The summed E-state index contributed by atoms with van der Waals surface area (Å²) in [4.78, 5) is 18.0. The number of guanidine groups is 1. The Morgan fingerprint density at radius 1 is 1.28 bits per heavy atom. The van der Waals surface area contributed by atoms with Crippen LogP contribution in [0.5, 0.6) is 0 Å². The van der Waals surface area contributed by atoms with Crippen LogP contribution in [0.4, 0.5) is 0 Å². The predicted molar refractivity (Wildman–Crippen MR) is 104 cm³/mol. The molecule has 1 atom stereocenters. The Kier molecular flexibility index (Phi) is 6.45. The second-order valence-corrected chi connectivity index (χ2v) is 7.70. The zero-order chi connectivity index (χ0) is 18.4. The first-order chi connectivity index (χ1) is 11.8. The summed E-state index contributed by atoms with van der Waals surface area (Å²) >= 11 is 0. The SMILES string of the molecule is CCC(=O)N1CCC(NC(=NC)NCc2ccc(C(C)(C)C)cc2)C1. The maximum Gasteiger partial charge on any atom is 0.222 e. The fourth-order valence-corrected chi connectivity index (χ4v) is 3.02. The first-order valence-corrected chi connectivity index (χ1v) is 9.18. The van der Waals surface area contributed by atoms with Crippen LogP contribution in [0.2, 0.25) is 0 Å². The average molecular weight is 345 g/mol. The molecule has 138 valence electrons. The normalized spacial score (nSPS) is 18.4. The van der Waals surface area contributed by atoms with E-state index >= 15 is 0 Å². The molecule has 5 heteroatoms. The molecule has 0 aromatic heterocycles. The van der Waals surface area contributed by atoms with E-state index in [4.69, 9.17) is 0 Å². The number of hydrogen-bond donors (Lipinski definition) is 2. The van der Waals surface area contributed by atoms with Crippen LogP contribution in [0.25, 0.3) is 0 Å². The van der Waals surface area contributed by atoms with Gasteiger partial charge in [0.1, 0.15) is 0 Å². The summed E-state index contributed by atoms with van der Waals surface area (Å²) in [6.07, 6.45) is 1.54. The van der Waals surface area contributed by atoms with E-state index in [2.05, 4.69) is 60.7 Å². The molecule has 1 aromatic rings. The van der Waals surface area contributed by atoms with Gasteiger partial charge < -0.3 is 15.5 Å². The van der Waals surface area contributed by atoms with Gasteiger partial charge in [0.15, 0.2) is 5.96 Å². The number of nitrogens with zero attached hydrogens (tertiary/aromatic N) is 2. The van der Waals surface area contributed by atoms with Crippen LogP contribution in [-0.4, -0.2) is 42.9 Å². The molecule has 2 N–H and O–H groups in total. The predicted octanol–water partition coefficient (Wildman–Crippen LogP) is 2.66. The van der Waals surface area contributed by atoms with Crippen LogP contribution in [0.3, 0.4) is 0 Å². The van der Waals surface area contributed by atoms with E-state index in [0.29, 0.717) is 6.42 Å². The third-order valence-corrected chi connectivity index (χ3v) is 4.69. The number of nitrogens with one attached hydrogen (secondary N) is 2. The van der Waals surface area contributed by atoms with Gasteiger partial charge in [-0.1, -0.05) is 52.0 Å². The Morgan fingerprint density at radius 2 is 1.96 bits per heavy atom. The van der Waals surface area contributed by atoms with Crippen LogP contribution in [0.15, 0.2) is 29.3 Å². The highest BCUT2D eigenvalue weighted by Crippen LogP contribution is 2.22. The molecule has 1 aromatic carbocycles.